The van der Waals surface area contributed by atoms with Crippen molar-refractivity contribution in [1.29, 1.82) is 0 Å². The fourth-order valence-corrected chi connectivity index (χ4v) is 3.30. The Balaban J connectivity index is 2.10. The Bertz CT molecular complexity index is 1080. The number of carbonyl (C=O) groups excluding carboxylic acids is 3. The Morgan fingerprint density at radius 2 is 1.54 bits per heavy atom. The Morgan fingerprint density at radius 3 is 2.14 bits per heavy atom. The number of aromatic amines is 1. The van der Waals surface area contributed by atoms with E-state index in [4.69, 9.17) is 10.8 Å². The van der Waals surface area contributed by atoms with E-state index < -0.39 is 66.9 Å². The second-order valence-electron chi connectivity index (χ2n) is 7.99. The van der Waals surface area contributed by atoms with E-state index in [0.717, 1.165) is 10.9 Å². The Kier molecular flexibility index (Phi) is 9.73. The topological polar surface area (TPSA) is 224 Å². The van der Waals surface area contributed by atoms with Crippen molar-refractivity contribution >= 4 is 40.6 Å². The fourth-order valence-electron chi connectivity index (χ4n) is 3.30. The number of carbonyl (C=O) groups is 5. The SMILES string of the molecule is CC(N)C(=O)NC(CCC(=O)O)C(=O)NC(CO)C(=O)NC(Cc1c[nH]c2ccccc12)C(=O)O. The zero-order valence-electron chi connectivity index (χ0n) is 19.0. The summed E-state index contributed by atoms with van der Waals surface area (Å²) in [5, 5.41) is 35.7. The fraction of sp³-hybridized carbons (Fsp3) is 0.409. The molecular formula is C22H29N5O8. The largest absolute Gasteiger partial charge is 0.481 e. The van der Waals surface area contributed by atoms with E-state index in [1.807, 2.05) is 12.1 Å². The highest BCUT2D eigenvalue weighted by Crippen LogP contribution is 2.19. The normalized spacial score (nSPS) is 14.4. The quantitative estimate of drug-likeness (QED) is 0.162. The summed E-state index contributed by atoms with van der Waals surface area (Å²) in [6.45, 7) is 0.495. The number of aromatic nitrogens is 1. The monoisotopic (exact) mass is 491 g/mol. The van der Waals surface area contributed by atoms with E-state index in [1.54, 1.807) is 18.3 Å². The number of nitrogens with one attached hydrogen (secondary N) is 4. The number of H-pyrrole nitrogens is 1. The number of carboxylic acids is 2. The molecule has 13 heteroatoms. The van der Waals surface area contributed by atoms with Crippen LogP contribution in [0.15, 0.2) is 30.5 Å². The summed E-state index contributed by atoms with van der Waals surface area (Å²) in [5.74, 6) is -5.15. The molecule has 0 aliphatic carbocycles. The van der Waals surface area contributed by atoms with Crippen LogP contribution >= 0.6 is 0 Å². The highest BCUT2D eigenvalue weighted by atomic mass is 16.4. The van der Waals surface area contributed by atoms with Crippen molar-refractivity contribution in [1.82, 2.24) is 20.9 Å². The van der Waals surface area contributed by atoms with Gasteiger partial charge in [-0.1, -0.05) is 18.2 Å². The van der Waals surface area contributed by atoms with Crippen molar-refractivity contribution in [3.8, 4) is 0 Å². The molecule has 0 saturated carbocycles. The van der Waals surface area contributed by atoms with Crippen LogP contribution in [-0.4, -0.2) is 80.7 Å². The summed E-state index contributed by atoms with van der Waals surface area (Å²) in [7, 11) is 0. The second kappa shape index (κ2) is 12.5. The Labute approximate surface area is 200 Å². The number of nitrogens with two attached hydrogens (primary N) is 1. The number of amides is 3. The van der Waals surface area contributed by atoms with Crippen LogP contribution in [0.25, 0.3) is 10.9 Å². The van der Waals surface area contributed by atoms with Crippen LogP contribution in [0.3, 0.4) is 0 Å². The van der Waals surface area contributed by atoms with E-state index in [2.05, 4.69) is 20.9 Å². The van der Waals surface area contributed by atoms with Gasteiger partial charge in [-0.3, -0.25) is 19.2 Å². The lowest BCUT2D eigenvalue weighted by molar-refractivity contribution is -0.142. The Hall–Kier alpha value is -3.97. The smallest absolute Gasteiger partial charge is 0.326 e. The van der Waals surface area contributed by atoms with Crippen LogP contribution in [-0.2, 0) is 30.4 Å². The first-order valence-corrected chi connectivity index (χ1v) is 10.8. The van der Waals surface area contributed by atoms with Crippen molar-refractivity contribution in [2.75, 3.05) is 6.61 Å². The second-order valence-corrected chi connectivity index (χ2v) is 7.99. The molecule has 3 amide bonds. The van der Waals surface area contributed by atoms with E-state index in [-0.39, 0.29) is 12.8 Å². The average molecular weight is 492 g/mol. The summed E-state index contributed by atoms with van der Waals surface area (Å²) in [6.07, 6.45) is 0.811. The third-order valence-electron chi connectivity index (χ3n) is 5.22. The molecule has 0 aliphatic rings. The van der Waals surface area contributed by atoms with Crippen molar-refractivity contribution in [2.45, 2.75) is 50.4 Å². The van der Waals surface area contributed by atoms with Gasteiger partial charge in [0.1, 0.15) is 18.1 Å². The number of aliphatic hydroxyl groups excluding tert-OH is 1. The molecule has 4 unspecified atom stereocenters. The van der Waals surface area contributed by atoms with Crippen LogP contribution in [0, 0.1) is 0 Å². The molecule has 2 aromatic rings. The molecule has 0 radical (unpaired) electrons. The molecule has 0 saturated heterocycles. The summed E-state index contributed by atoms with van der Waals surface area (Å²) in [4.78, 5) is 62.9. The van der Waals surface area contributed by atoms with Gasteiger partial charge in [0.15, 0.2) is 0 Å². The van der Waals surface area contributed by atoms with E-state index in [0.29, 0.717) is 5.56 Å². The molecule has 0 aliphatic heterocycles. The maximum Gasteiger partial charge on any atom is 0.326 e. The predicted molar refractivity (Wildman–Crippen MR) is 123 cm³/mol. The third kappa shape index (κ3) is 7.79. The molecule has 190 valence electrons. The lowest BCUT2D eigenvalue weighted by atomic mass is 10.0. The van der Waals surface area contributed by atoms with Crippen molar-refractivity contribution in [3.63, 3.8) is 0 Å². The summed E-state index contributed by atoms with van der Waals surface area (Å²) in [6, 6.07) is 1.98. The van der Waals surface area contributed by atoms with Crippen LogP contribution in [0.2, 0.25) is 0 Å². The van der Waals surface area contributed by atoms with Gasteiger partial charge in [0.2, 0.25) is 17.7 Å². The Morgan fingerprint density at radius 1 is 0.943 bits per heavy atom. The number of rotatable bonds is 13. The van der Waals surface area contributed by atoms with Gasteiger partial charge in [0, 0.05) is 29.9 Å². The lowest BCUT2D eigenvalue weighted by Gasteiger charge is -2.23. The number of para-hydroxylation sites is 1. The predicted octanol–water partition coefficient (Wildman–Crippen LogP) is -1.55. The van der Waals surface area contributed by atoms with Gasteiger partial charge in [-0.2, -0.15) is 0 Å². The summed E-state index contributed by atoms with van der Waals surface area (Å²) < 4.78 is 0. The van der Waals surface area contributed by atoms with E-state index in [9.17, 15) is 34.2 Å². The summed E-state index contributed by atoms with van der Waals surface area (Å²) >= 11 is 0. The first kappa shape index (κ1) is 27.3. The minimum atomic E-state index is -1.55. The van der Waals surface area contributed by atoms with Crippen LogP contribution in [0.5, 0.6) is 0 Å². The number of aliphatic carboxylic acids is 2. The van der Waals surface area contributed by atoms with Gasteiger partial charge in [-0.25, -0.2) is 4.79 Å². The maximum absolute atomic E-state index is 12.7. The number of hydrogen-bond acceptors (Lipinski definition) is 7. The van der Waals surface area contributed by atoms with E-state index in [1.165, 1.54) is 6.92 Å². The van der Waals surface area contributed by atoms with Gasteiger partial charge < -0.3 is 42.0 Å². The standard InChI is InChI=1S/C22H29N5O8/c1-11(23)19(31)25-15(6-7-18(29)30)20(32)27-17(10-28)21(33)26-16(22(34)35)8-12-9-24-14-5-3-2-4-13(12)14/h2-5,9,11,15-17,24,28H,6-8,10,23H2,1H3,(H,25,31)(H,26,33)(H,27,32)(H,29,30)(H,34,35). The van der Waals surface area contributed by atoms with Crippen LogP contribution in [0.4, 0.5) is 0 Å². The molecule has 1 aromatic heterocycles. The molecule has 9 N–H and O–H groups in total. The first-order valence-electron chi connectivity index (χ1n) is 10.8. The van der Waals surface area contributed by atoms with E-state index >= 15 is 0 Å². The molecule has 35 heavy (non-hydrogen) atoms. The molecule has 2 rings (SSSR count). The molecule has 0 bridgehead atoms. The molecule has 4 atom stereocenters. The lowest BCUT2D eigenvalue weighted by Crippen LogP contribution is -2.58. The van der Waals surface area contributed by atoms with Gasteiger partial charge in [0.25, 0.3) is 0 Å². The zero-order valence-corrected chi connectivity index (χ0v) is 19.0. The molecule has 0 spiro atoms. The van der Waals surface area contributed by atoms with Crippen molar-refractivity contribution < 1.29 is 39.3 Å². The van der Waals surface area contributed by atoms with Gasteiger partial charge in [-0.15, -0.1) is 0 Å². The number of aliphatic hydroxyl groups is 1. The molecular weight excluding hydrogens is 462 g/mol. The number of fused-ring (bicyclic) bond motifs is 1. The number of hydrogen-bond donors (Lipinski definition) is 8. The summed E-state index contributed by atoms with van der Waals surface area (Å²) in [5.41, 5.74) is 6.90. The van der Waals surface area contributed by atoms with Crippen LogP contribution < -0.4 is 21.7 Å². The maximum atomic E-state index is 12.7. The van der Waals surface area contributed by atoms with Gasteiger partial charge in [-0.05, 0) is 25.0 Å². The first-order chi connectivity index (χ1) is 16.5. The zero-order chi connectivity index (χ0) is 26.1. The molecule has 1 heterocycles. The molecule has 0 fully saturated rings. The highest BCUT2D eigenvalue weighted by molar-refractivity contribution is 5.94. The highest BCUT2D eigenvalue weighted by Gasteiger charge is 2.30. The van der Waals surface area contributed by atoms with Gasteiger partial charge in [0.05, 0.1) is 12.6 Å². The van der Waals surface area contributed by atoms with Crippen LogP contribution in [0.1, 0.15) is 25.3 Å². The number of benzene rings is 1. The van der Waals surface area contributed by atoms with Gasteiger partial charge >= 0.3 is 11.9 Å². The minimum Gasteiger partial charge on any atom is -0.481 e. The van der Waals surface area contributed by atoms with Crippen molar-refractivity contribution in [3.05, 3.63) is 36.0 Å². The average Bonchev–Trinajstić information content (AvgIpc) is 3.21. The minimum absolute atomic E-state index is 0.0666. The molecule has 1 aromatic carbocycles. The number of carboxylic acid groups (broad SMARTS) is 2. The molecule has 13 nitrogen and oxygen atoms in total. The third-order valence-corrected chi connectivity index (χ3v) is 5.22. The van der Waals surface area contributed by atoms with Crippen molar-refractivity contribution in [2.24, 2.45) is 5.73 Å².